The van der Waals surface area contributed by atoms with Crippen molar-refractivity contribution < 1.29 is 15.0 Å². The average Bonchev–Trinajstić information content (AvgIpc) is 3.03. The summed E-state index contributed by atoms with van der Waals surface area (Å²) >= 11 is 0. The third-order valence-electron chi connectivity index (χ3n) is 3.93. The molecule has 0 fully saturated rings. The molecule has 140 valence electrons. The topological polar surface area (TPSA) is 144 Å². The molecule has 0 saturated heterocycles. The van der Waals surface area contributed by atoms with Crippen LogP contribution in [0.15, 0.2) is 39.2 Å². The SMILES string of the molecule is Cn1c(=O)c2ncn(CC(=O)N/N=C/c3ccc(O)cc3O)c2n(C)c1=O. The fourth-order valence-corrected chi connectivity index (χ4v) is 2.56. The van der Waals surface area contributed by atoms with E-state index in [1.807, 2.05) is 0 Å². The first kappa shape index (κ1) is 17.9. The van der Waals surface area contributed by atoms with Crippen molar-refractivity contribution in [3.63, 3.8) is 0 Å². The van der Waals surface area contributed by atoms with Crippen molar-refractivity contribution in [1.29, 1.82) is 0 Å². The van der Waals surface area contributed by atoms with E-state index in [0.717, 1.165) is 10.6 Å². The average molecular weight is 372 g/mol. The Balaban J connectivity index is 1.80. The highest BCUT2D eigenvalue weighted by Gasteiger charge is 2.15. The minimum atomic E-state index is -0.548. The molecular formula is C16H16N6O5. The van der Waals surface area contributed by atoms with E-state index < -0.39 is 17.2 Å². The number of aromatic nitrogens is 4. The second kappa shape index (κ2) is 6.78. The number of nitrogens with zero attached hydrogens (tertiary/aromatic N) is 5. The third-order valence-corrected chi connectivity index (χ3v) is 3.93. The molecule has 0 aliphatic heterocycles. The summed E-state index contributed by atoms with van der Waals surface area (Å²) in [6, 6.07) is 3.93. The first-order valence-electron chi connectivity index (χ1n) is 7.74. The molecule has 0 spiro atoms. The summed E-state index contributed by atoms with van der Waals surface area (Å²) in [6.07, 6.45) is 2.50. The third kappa shape index (κ3) is 3.29. The summed E-state index contributed by atoms with van der Waals surface area (Å²) < 4.78 is 3.53. The number of hydrogen-bond acceptors (Lipinski definition) is 7. The number of hydrazone groups is 1. The van der Waals surface area contributed by atoms with Gasteiger partial charge in [0.25, 0.3) is 11.5 Å². The highest BCUT2D eigenvalue weighted by Crippen LogP contribution is 2.20. The highest BCUT2D eigenvalue weighted by molar-refractivity contribution is 5.85. The van der Waals surface area contributed by atoms with Gasteiger partial charge in [-0.1, -0.05) is 0 Å². The molecule has 2 heterocycles. The van der Waals surface area contributed by atoms with E-state index in [1.165, 1.54) is 47.9 Å². The Labute approximate surface area is 151 Å². The summed E-state index contributed by atoms with van der Waals surface area (Å²) in [4.78, 5) is 40.2. The maximum absolute atomic E-state index is 12.1. The van der Waals surface area contributed by atoms with Crippen molar-refractivity contribution in [2.45, 2.75) is 6.54 Å². The number of fused-ring (bicyclic) bond motifs is 1. The van der Waals surface area contributed by atoms with Gasteiger partial charge in [0.1, 0.15) is 23.7 Å². The van der Waals surface area contributed by atoms with E-state index in [4.69, 9.17) is 0 Å². The predicted octanol–water partition coefficient (Wildman–Crippen LogP) is -1.00. The van der Waals surface area contributed by atoms with Crippen LogP contribution in [0.5, 0.6) is 11.5 Å². The number of hydrogen-bond donors (Lipinski definition) is 3. The molecule has 0 saturated carbocycles. The largest absolute Gasteiger partial charge is 0.508 e. The lowest BCUT2D eigenvalue weighted by Crippen LogP contribution is -2.37. The monoisotopic (exact) mass is 372 g/mol. The van der Waals surface area contributed by atoms with Crippen molar-refractivity contribution in [3.05, 3.63) is 50.9 Å². The van der Waals surface area contributed by atoms with Crippen LogP contribution in [-0.2, 0) is 25.4 Å². The van der Waals surface area contributed by atoms with E-state index in [-0.39, 0.29) is 29.2 Å². The highest BCUT2D eigenvalue weighted by atomic mass is 16.3. The Bertz CT molecular complexity index is 1190. The second-order valence-corrected chi connectivity index (χ2v) is 5.79. The van der Waals surface area contributed by atoms with E-state index in [9.17, 15) is 24.6 Å². The molecule has 11 heteroatoms. The molecule has 3 rings (SSSR count). The van der Waals surface area contributed by atoms with Crippen molar-refractivity contribution in [2.75, 3.05) is 0 Å². The minimum Gasteiger partial charge on any atom is -0.508 e. The quantitative estimate of drug-likeness (QED) is 0.396. The van der Waals surface area contributed by atoms with Crippen molar-refractivity contribution >= 4 is 23.3 Å². The number of benzene rings is 1. The van der Waals surface area contributed by atoms with E-state index in [1.54, 1.807) is 0 Å². The van der Waals surface area contributed by atoms with Gasteiger partial charge in [0.15, 0.2) is 5.52 Å². The molecule has 2 aromatic heterocycles. The van der Waals surface area contributed by atoms with E-state index in [0.29, 0.717) is 5.56 Å². The van der Waals surface area contributed by atoms with Gasteiger partial charge in [-0.05, 0) is 12.1 Å². The van der Waals surface area contributed by atoms with Crippen LogP contribution in [0, 0.1) is 0 Å². The molecular weight excluding hydrogens is 356 g/mol. The number of amides is 1. The molecule has 3 N–H and O–H groups in total. The summed E-state index contributed by atoms with van der Waals surface area (Å²) in [5, 5.41) is 22.6. The molecule has 0 atom stereocenters. The predicted molar refractivity (Wildman–Crippen MR) is 95.7 cm³/mol. The van der Waals surface area contributed by atoms with Crippen LogP contribution in [0.2, 0.25) is 0 Å². The van der Waals surface area contributed by atoms with E-state index >= 15 is 0 Å². The van der Waals surface area contributed by atoms with Crippen LogP contribution in [0.25, 0.3) is 11.2 Å². The lowest BCUT2D eigenvalue weighted by Gasteiger charge is -2.07. The molecule has 0 aliphatic rings. The zero-order chi connectivity index (χ0) is 19.7. The summed E-state index contributed by atoms with van der Waals surface area (Å²) in [7, 11) is 2.83. The Kier molecular flexibility index (Phi) is 4.50. The molecule has 11 nitrogen and oxygen atoms in total. The van der Waals surface area contributed by atoms with Gasteiger partial charge in [-0.25, -0.2) is 15.2 Å². The fourth-order valence-electron chi connectivity index (χ4n) is 2.56. The fraction of sp³-hybridized carbons (Fsp3) is 0.188. The van der Waals surface area contributed by atoms with Crippen LogP contribution in [0.1, 0.15) is 5.56 Å². The van der Waals surface area contributed by atoms with Gasteiger partial charge < -0.3 is 14.8 Å². The van der Waals surface area contributed by atoms with Crippen LogP contribution in [-0.4, -0.2) is 41.0 Å². The Morgan fingerprint density at radius 1 is 1.26 bits per heavy atom. The van der Waals surface area contributed by atoms with Gasteiger partial charge in [-0.3, -0.25) is 18.7 Å². The maximum Gasteiger partial charge on any atom is 0.332 e. The van der Waals surface area contributed by atoms with Crippen molar-refractivity contribution in [1.82, 2.24) is 24.1 Å². The standard InChI is InChI=1S/C16H16N6O5/c1-20-14-13(15(26)21(2)16(20)27)17-8-22(14)7-12(25)19-18-6-9-3-4-10(23)5-11(9)24/h3-6,8,23-24H,7H2,1-2H3,(H,19,25)/b18-6+. The second-order valence-electron chi connectivity index (χ2n) is 5.79. The van der Waals surface area contributed by atoms with Gasteiger partial charge in [-0.15, -0.1) is 0 Å². The Hall–Kier alpha value is -3.89. The van der Waals surface area contributed by atoms with Crippen LogP contribution < -0.4 is 16.7 Å². The molecule has 0 aliphatic carbocycles. The summed E-state index contributed by atoms with van der Waals surface area (Å²) in [6.45, 7) is -0.226. The van der Waals surface area contributed by atoms with E-state index in [2.05, 4.69) is 15.5 Å². The molecule has 1 amide bonds. The molecule has 27 heavy (non-hydrogen) atoms. The lowest BCUT2D eigenvalue weighted by molar-refractivity contribution is -0.121. The lowest BCUT2D eigenvalue weighted by atomic mass is 10.2. The van der Waals surface area contributed by atoms with Gasteiger partial charge in [0.2, 0.25) is 0 Å². The Morgan fingerprint density at radius 2 is 2.00 bits per heavy atom. The number of aromatic hydroxyl groups is 2. The molecule has 3 aromatic rings. The number of phenols is 2. The van der Waals surface area contributed by atoms with Crippen molar-refractivity contribution in [3.8, 4) is 11.5 Å². The normalized spacial score (nSPS) is 11.3. The maximum atomic E-state index is 12.1. The van der Waals surface area contributed by atoms with Crippen LogP contribution >= 0.6 is 0 Å². The zero-order valence-electron chi connectivity index (χ0n) is 14.4. The summed E-state index contributed by atoms with van der Waals surface area (Å²) in [5.41, 5.74) is 1.79. The van der Waals surface area contributed by atoms with Gasteiger partial charge in [0.05, 0.1) is 12.5 Å². The number of aryl methyl sites for hydroxylation is 1. The smallest absolute Gasteiger partial charge is 0.332 e. The number of rotatable bonds is 4. The first-order valence-corrected chi connectivity index (χ1v) is 7.74. The van der Waals surface area contributed by atoms with Gasteiger partial charge in [-0.2, -0.15) is 5.10 Å². The van der Waals surface area contributed by atoms with Crippen LogP contribution in [0.3, 0.4) is 0 Å². The molecule has 0 unspecified atom stereocenters. The summed E-state index contributed by atoms with van der Waals surface area (Å²) in [5.74, 6) is -0.825. The van der Waals surface area contributed by atoms with Crippen molar-refractivity contribution in [2.24, 2.45) is 19.2 Å². The number of phenolic OH excluding ortho intramolecular Hbond substituents is 2. The molecule has 0 bridgehead atoms. The molecule has 0 radical (unpaired) electrons. The zero-order valence-corrected chi connectivity index (χ0v) is 14.4. The first-order chi connectivity index (χ1) is 12.8. The number of carbonyl (C=O) groups is 1. The molecule has 1 aromatic carbocycles. The van der Waals surface area contributed by atoms with Gasteiger partial charge >= 0.3 is 5.69 Å². The Morgan fingerprint density at radius 3 is 2.70 bits per heavy atom. The number of nitrogens with one attached hydrogen (secondary N) is 1. The number of carbonyl (C=O) groups excluding carboxylic acids is 1. The minimum absolute atomic E-state index is 0.0740. The van der Waals surface area contributed by atoms with Gasteiger partial charge in [0, 0.05) is 25.7 Å². The number of imidazole rings is 1. The van der Waals surface area contributed by atoms with Crippen LogP contribution in [0.4, 0.5) is 0 Å².